The highest BCUT2D eigenvalue weighted by Gasteiger charge is 2.35. The van der Waals surface area contributed by atoms with Crippen molar-refractivity contribution in [1.29, 1.82) is 0 Å². The average Bonchev–Trinajstić information content (AvgIpc) is 2.42. The fraction of sp³-hybridized carbons (Fsp3) is 0.812. The minimum atomic E-state index is -1.02. The second-order valence-electron chi connectivity index (χ2n) is 7.01. The summed E-state index contributed by atoms with van der Waals surface area (Å²) in [6.07, 6.45) is 2.23. The van der Waals surface area contributed by atoms with E-state index in [0.717, 1.165) is 12.8 Å². The van der Waals surface area contributed by atoms with Gasteiger partial charge in [0.2, 0.25) is 11.8 Å². The smallest absolute Gasteiger partial charge is 0.317 e. The first-order chi connectivity index (χ1) is 10.5. The van der Waals surface area contributed by atoms with Crippen LogP contribution >= 0.6 is 0 Å². The van der Waals surface area contributed by atoms with Gasteiger partial charge < -0.3 is 15.3 Å². The van der Waals surface area contributed by atoms with Crippen molar-refractivity contribution in [2.24, 2.45) is 5.41 Å². The molecule has 7 heteroatoms. The summed E-state index contributed by atoms with van der Waals surface area (Å²) in [7, 11) is 3.29. The molecule has 0 aliphatic carbocycles. The molecule has 23 heavy (non-hydrogen) atoms. The number of likely N-dealkylation sites (N-methyl/N-ethyl adjacent to an activating group) is 1. The zero-order valence-electron chi connectivity index (χ0n) is 15.1. The Bertz CT molecular complexity index is 416. The molecule has 0 rings (SSSR count). The van der Waals surface area contributed by atoms with E-state index < -0.39 is 23.5 Å². The number of carboxylic acids is 1. The maximum absolute atomic E-state index is 12.5. The van der Waals surface area contributed by atoms with Crippen LogP contribution in [0.3, 0.4) is 0 Å². The van der Waals surface area contributed by atoms with Crippen molar-refractivity contribution in [3.63, 3.8) is 0 Å². The lowest BCUT2D eigenvalue weighted by atomic mass is 9.85. The van der Waals surface area contributed by atoms with E-state index in [-0.39, 0.29) is 18.4 Å². The number of nitrogens with zero attached hydrogens (tertiary/aromatic N) is 1. The highest BCUT2D eigenvalue weighted by molar-refractivity contribution is 5.90. The van der Waals surface area contributed by atoms with Crippen LogP contribution in [0.5, 0.6) is 0 Å². The van der Waals surface area contributed by atoms with Gasteiger partial charge in [0.15, 0.2) is 0 Å². The second kappa shape index (κ2) is 9.50. The van der Waals surface area contributed by atoms with E-state index in [9.17, 15) is 14.4 Å². The summed E-state index contributed by atoms with van der Waals surface area (Å²) in [5.74, 6) is -1.54. The zero-order valence-corrected chi connectivity index (χ0v) is 15.1. The number of amides is 2. The molecule has 2 atom stereocenters. The maximum Gasteiger partial charge on any atom is 0.317 e. The predicted molar refractivity (Wildman–Crippen MR) is 89.0 cm³/mol. The molecule has 0 radical (unpaired) electrons. The zero-order chi connectivity index (χ0) is 18.2. The van der Waals surface area contributed by atoms with Gasteiger partial charge in [-0.15, -0.1) is 0 Å². The topological polar surface area (TPSA) is 98.7 Å². The van der Waals surface area contributed by atoms with Crippen molar-refractivity contribution in [3.05, 3.63) is 0 Å². The summed E-state index contributed by atoms with van der Waals surface area (Å²) in [4.78, 5) is 37.0. The van der Waals surface area contributed by atoms with Gasteiger partial charge in [-0.2, -0.15) is 0 Å². The molecule has 0 spiro atoms. The van der Waals surface area contributed by atoms with Crippen LogP contribution in [0.15, 0.2) is 0 Å². The number of aliphatic carboxylic acids is 1. The van der Waals surface area contributed by atoms with Gasteiger partial charge in [0.05, 0.1) is 12.6 Å². The van der Waals surface area contributed by atoms with Crippen LogP contribution in [-0.4, -0.2) is 60.5 Å². The number of hydrogen-bond acceptors (Lipinski definition) is 4. The van der Waals surface area contributed by atoms with Crippen LogP contribution in [0.25, 0.3) is 0 Å². The van der Waals surface area contributed by atoms with Crippen molar-refractivity contribution in [2.45, 2.75) is 59.0 Å². The first kappa shape index (κ1) is 21.4. The van der Waals surface area contributed by atoms with Crippen molar-refractivity contribution >= 4 is 17.8 Å². The molecule has 0 aliphatic rings. The quantitative estimate of drug-likeness (QED) is 0.582. The molecule has 0 heterocycles. The molecule has 0 aromatic carbocycles. The Morgan fingerprint density at radius 1 is 1.17 bits per heavy atom. The summed E-state index contributed by atoms with van der Waals surface area (Å²) >= 11 is 0. The molecule has 0 unspecified atom stereocenters. The number of carboxylic acid groups (broad SMARTS) is 1. The van der Waals surface area contributed by atoms with Gasteiger partial charge in [-0.25, -0.2) is 0 Å². The van der Waals surface area contributed by atoms with Crippen LogP contribution in [0.1, 0.15) is 47.0 Å². The summed E-state index contributed by atoms with van der Waals surface area (Å²) in [5.41, 5.74) is -0.445. The molecule has 0 saturated heterocycles. The van der Waals surface area contributed by atoms with Gasteiger partial charge in [-0.05, 0) is 11.8 Å². The van der Waals surface area contributed by atoms with Crippen molar-refractivity contribution in [1.82, 2.24) is 15.5 Å². The van der Waals surface area contributed by atoms with Crippen LogP contribution in [0.4, 0.5) is 0 Å². The van der Waals surface area contributed by atoms with Gasteiger partial charge >= 0.3 is 5.97 Å². The third kappa shape index (κ3) is 7.97. The van der Waals surface area contributed by atoms with Gasteiger partial charge in [-0.3, -0.25) is 19.7 Å². The normalized spacial score (nSPS) is 14.0. The van der Waals surface area contributed by atoms with Crippen molar-refractivity contribution < 1.29 is 19.5 Å². The summed E-state index contributed by atoms with van der Waals surface area (Å²) < 4.78 is 0. The van der Waals surface area contributed by atoms with E-state index in [1.807, 2.05) is 27.7 Å². The lowest BCUT2D eigenvalue weighted by molar-refractivity contribution is -0.139. The number of carbonyl (C=O) groups excluding carboxylic acids is 2. The molecule has 3 N–H and O–H groups in total. The average molecular weight is 329 g/mol. The number of carbonyl (C=O) groups is 3. The van der Waals surface area contributed by atoms with E-state index >= 15 is 0 Å². The molecule has 0 aromatic heterocycles. The van der Waals surface area contributed by atoms with Crippen LogP contribution < -0.4 is 10.6 Å². The molecular formula is C16H31N3O4. The Labute approximate surface area is 138 Å². The first-order valence-corrected chi connectivity index (χ1v) is 7.97. The minimum absolute atomic E-state index is 0.182. The third-order valence-corrected chi connectivity index (χ3v) is 3.50. The lowest BCUT2D eigenvalue weighted by Crippen LogP contribution is -2.57. The van der Waals surface area contributed by atoms with Crippen LogP contribution in [0.2, 0.25) is 0 Å². The van der Waals surface area contributed by atoms with E-state index in [2.05, 4.69) is 10.6 Å². The van der Waals surface area contributed by atoms with Crippen molar-refractivity contribution in [3.8, 4) is 0 Å². The largest absolute Gasteiger partial charge is 0.480 e. The van der Waals surface area contributed by atoms with Gasteiger partial charge in [0.1, 0.15) is 6.04 Å². The van der Waals surface area contributed by atoms with E-state index in [4.69, 9.17) is 5.11 Å². The minimum Gasteiger partial charge on any atom is -0.480 e. The number of rotatable bonds is 9. The monoisotopic (exact) mass is 329 g/mol. The fourth-order valence-electron chi connectivity index (χ4n) is 2.09. The fourth-order valence-corrected chi connectivity index (χ4v) is 2.09. The number of nitrogens with one attached hydrogen (secondary N) is 2. The second-order valence-corrected chi connectivity index (χ2v) is 7.01. The lowest BCUT2D eigenvalue weighted by Gasteiger charge is -2.33. The number of hydrogen-bond donors (Lipinski definition) is 3. The Morgan fingerprint density at radius 3 is 2.13 bits per heavy atom. The van der Waals surface area contributed by atoms with Crippen LogP contribution in [-0.2, 0) is 14.4 Å². The molecular weight excluding hydrogens is 298 g/mol. The van der Waals surface area contributed by atoms with E-state index in [1.165, 1.54) is 4.90 Å². The Hall–Kier alpha value is -1.63. The van der Waals surface area contributed by atoms with E-state index in [1.54, 1.807) is 14.1 Å². The molecule has 0 aromatic rings. The summed E-state index contributed by atoms with van der Waals surface area (Å²) in [5, 5.41) is 14.3. The maximum atomic E-state index is 12.5. The molecule has 0 fully saturated rings. The Morgan fingerprint density at radius 2 is 1.74 bits per heavy atom. The number of unbranched alkanes of at least 4 members (excludes halogenated alkanes) is 1. The highest BCUT2D eigenvalue weighted by atomic mass is 16.4. The first-order valence-electron chi connectivity index (χ1n) is 7.97. The van der Waals surface area contributed by atoms with Gasteiger partial charge in [-0.1, -0.05) is 40.5 Å². The molecule has 0 saturated carbocycles. The summed E-state index contributed by atoms with van der Waals surface area (Å²) in [6, 6.07) is -1.29. The van der Waals surface area contributed by atoms with Crippen LogP contribution in [0, 0.1) is 5.41 Å². The standard InChI is InChI=1S/C16H31N3O4/c1-7-8-9-11(17-10-12(20)21)14(22)18-13(16(2,3)4)15(23)19(5)6/h11,13,17H,7-10H2,1-6H3,(H,18,22)(H,20,21)/t11-,13+/m0/s1. The van der Waals surface area contributed by atoms with E-state index in [0.29, 0.717) is 6.42 Å². The highest BCUT2D eigenvalue weighted by Crippen LogP contribution is 2.21. The molecule has 2 amide bonds. The Kier molecular flexibility index (Phi) is 8.82. The SMILES string of the molecule is CCCC[C@H](NCC(=O)O)C(=O)N[C@H](C(=O)N(C)C)C(C)(C)C. The van der Waals surface area contributed by atoms with Gasteiger partial charge in [0.25, 0.3) is 0 Å². The van der Waals surface area contributed by atoms with Gasteiger partial charge in [0, 0.05) is 14.1 Å². The molecule has 0 aliphatic heterocycles. The Balaban J connectivity index is 5.07. The molecule has 134 valence electrons. The van der Waals surface area contributed by atoms with Crippen molar-refractivity contribution in [2.75, 3.05) is 20.6 Å². The third-order valence-electron chi connectivity index (χ3n) is 3.50. The molecule has 7 nitrogen and oxygen atoms in total. The predicted octanol–water partition coefficient (Wildman–Crippen LogP) is 0.839. The summed E-state index contributed by atoms with van der Waals surface area (Å²) in [6.45, 7) is 7.35. The molecule has 0 bridgehead atoms.